The summed E-state index contributed by atoms with van der Waals surface area (Å²) < 4.78 is 24.6. The van der Waals surface area contributed by atoms with Gasteiger partial charge in [0, 0.05) is 22.6 Å². The zero-order valence-corrected chi connectivity index (χ0v) is 12.7. The maximum atomic E-state index is 13.2. The quantitative estimate of drug-likeness (QED) is 0.756. The Morgan fingerprint density at radius 2 is 2.05 bits per heavy atom. The summed E-state index contributed by atoms with van der Waals surface area (Å²) in [5.74, 6) is 1.27. The molecule has 1 heterocycles. The summed E-state index contributed by atoms with van der Waals surface area (Å²) in [5, 5.41) is 0.662. The summed E-state index contributed by atoms with van der Waals surface area (Å²) in [6.45, 7) is 0.963. The van der Waals surface area contributed by atoms with Crippen molar-refractivity contribution in [3.63, 3.8) is 0 Å². The van der Waals surface area contributed by atoms with E-state index >= 15 is 0 Å². The maximum absolute atomic E-state index is 13.2. The van der Waals surface area contributed by atoms with Crippen molar-refractivity contribution in [2.24, 2.45) is 0 Å². The summed E-state index contributed by atoms with van der Waals surface area (Å²) in [5.41, 5.74) is 2.61. The highest BCUT2D eigenvalue weighted by Gasteiger charge is 2.18. The van der Waals surface area contributed by atoms with Gasteiger partial charge >= 0.3 is 0 Å². The first-order chi connectivity index (χ1) is 10.2. The molecule has 0 saturated carbocycles. The van der Waals surface area contributed by atoms with Crippen LogP contribution in [0.3, 0.4) is 0 Å². The van der Waals surface area contributed by atoms with Crippen LogP contribution in [0.25, 0.3) is 0 Å². The number of halogens is 3. The van der Waals surface area contributed by atoms with E-state index in [1.54, 1.807) is 6.07 Å². The lowest BCUT2D eigenvalue weighted by atomic mass is 10.1. The number of benzene rings is 2. The van der Waals surface area contributed by atoms with Crippen molar-refractivity contribution in [1.82, 2.24) is 0 Å². The van der Waals surface area contributed by atoms with Crippen LogP contribution in [-0.4, -0.2) is 6.61 Å². The molecule has 1 aliphatic rings. The second-order valence-corrected chi connectivity index (χ2v) is 5.53. The predicted octanol–water partition coefficient (Wildman–Crippen LogP) is 4.73. The third-order valence-corrected chi connectivity index (χ3v) is 3.88. The van der Waals surface area contributed by atoms with Crippen LogP contribution in [0.1, 0.15) is 16.7 Å². The molecule has 0 saturated heterocycles. The first-order valence-electron chi connectivity index (χ1n) is 6.58. The van der Waals surface area contributed by atoms with E-state index in [0.29, 0.717) is 29.5 Å². The lowest BCUT2D eigenvalue weighted by Gasteiger charge is -2.13. The maximum Gasteiger partial charge on any atom is 0.129 e. The van der Waals surface area contributed by atoms with Gasteiger partial charge in [0.2, 0.25) is 0 Å². The standard InChI is InChI=1S/C16H13Cl2FO2/c17-8-11-7-14(19)1-2-15(11)21-9-12-6-13(18)5-10-3-4-20-16(10)12/h1-2,5-7H,3-4,8-9H2. The zero-order valence-electron chi connectivity index (χ0n) is 11.2. The summed E-state index contributed by atoms with van der Waals surface area (Å²) >= 11 is 11.9. The van der Waals surface area contributed by atoms with Crippen molar-refractivity contribution >= 4 is 23.2 Å². The van der Waals surface area contributed by atoms with Crippen molar-refractivity contribution < 1.29 is 13.9 Å². The molecule has 1 aliphatic heterocycles. The Labute approximate surface area is 132 Å². The summed E-state index contributed by atoms with van der Waals surface area (Å²) in [7, 11) is 0. The van der Waals surface area contributed by atoms with Crippen LogP contribution in [0.15, 0.2) is 30.3 Å². The molecule has 2 aromatic rings. The van der Waals surface area contributed by atoms with Gasteiger partial charge in [-0.15, -0.1) is 11.6 Å². The van der Waals surface area contributed by atoms with Crippen LogP contribution >= 0.6 is 23.2 Å². The van der Waals surface area contributed by atoms with E-state index < -0.39 is 0 Å². The highest BCUT2D eigenvalue weighted by Crippen LogP contribution is 2.34. The van der Waals surface area contributed by atoms with Crippen LogP contribution in [0.5, 0.6) is 11.5 Å². The fraction of sp³-hybridized carbons (Fsp3) is 0.250. The number of hydrogen-bond donors (Lipinski definition) is 0. The second-order valence-electron chi connectivity index (χ2n) is 4.83. The molecule has 0 atom stereocenters. The van der Waals surface area contributed by atoms with E-state index in [1.807, 2.05) is 12.1 Å². The molecule has 21 heavy (non-hydrogen) atoms. The number of hydrogen-bond acceptors (Lipinski definition) is 2. The van der Waals surface area contributed by atoms with Crippen molar-refractivity contribution in [3.8, 4) is 11.5 Å². The third-order valence-electron chi connectivity index (χ3n) is 3.38. The van der Waals surface area contributed by atoms with Gasteiger partial charge in [-0.05, 0) is 35.9 Å². The third kappa shape index (κ3) is 3.09. The van der Waals surface area contributed by atoms with Gasteiger partial charge in [0.15, 0.2) is 0 Å². The van der Waals surface area contributed by atoms with Crippen molar-refractivity contribution in [2.75, 3.05) is 6.61 Å². The van der Waals surface area contributed by atoms with E-state index in [0.717, 1.165) is 23.3 Å². The van der Waals surface area contributed by atoms with Gasteiger partial charge in [-0.1, -0.05) is 11.6 Å². The van der Waals surface area contributed by atoms with E-state index in [1.165, 1.54) is 12.1 Å². The lowest BCUT2D eigenvalue weighted by molar-refractivity contribution is 0.289. The van der Waals surface area contributed by atoms with Crippen molar-refractivity contribution in [2.45, 2.75) is 18.9 Å². The van der Waals surface area contributed by atoms with Gasteiger partial charge in [0.25, 0.3) is 0 Å². The number of fused-ring (bicyclic) bond motifs is 1. The average molecular weight is 327 g/mol. The fourth-order valence-corrected chi connectivity index (χ4v) is 2.87. The largest absolute Gasteiger partial charge is 0.493 e. The molecule has 0 aliphatic carbocycles. The van der Waals surface area contributed by atoms with Crippen LogP contribution in [-0.2, 0) is 18.9 Å². The van der Waals surface area contributed by atoms with Crippen LogP contribution in [0, 0.1) is 5.82 Å². The molecular formula is C16H13Cl2FO2. The van der Waals surface area contributed by atoms with E-state index in [4.69, 9.17) is 32.7 Å². The molecule has 2 aromatic carbocycles. The fourth-order valence-electron chi connectivity index (χ4n) is 2.40. The molecule has 0 amide bonds. The SMILES string of the molecule is Fc1ccc(OCc2cc(Cl)cc3c2OCC3)c(CCl)c1. The van der Waals surface area contributed by atoms with E-state index in [2.05, 4.69) is 0 Å². The molecule has 5 heteroatoms. The topological polar surface area (TPSA) is 18.5 Å². The smallest absolute Gasteiger partial charge is 0.129 e. The molecule has 0 fully saturated rings. The van der Waals surface area contributed by atoms with Crippen molar-refractivity contribution in [1.29, 1.82) is 0 Å². The Morgan fingerprint density at radius 1 is 1.19 bits per heavy atom. The Balaban J connectivity index is 1.83. The minimum Gasteiger partial charge on any atom is -0.493 e. The van der Waals surface area contributed by atoms with Crippen molar-refractivity contribution in [3.05, 3.63) is 57.9 Å². The first kappa shape index (κ1) is 14.5. The average Bonchev–Trinajstić information content (AvgIpc) is 2.93. The normalized spacial score (nSPS) is 12.9. The highest BCUT2D eigenvalue weighted by atomic mass is 35.5. The van der Waals surface area contributed by atoms with Gasteiger partial charge in [0.05, 0.1) is 12.5 Å². The summed E-state index contributed by atoms with van der Waals surface area (Å²) in [6.07, 6.45) is 0.854. The number of ether oxygens (including phenoxy) is 2. The van der Waals surface area contributed by atoms with Gasteiger partial charge in [-0.3, -0.25) is 0 Å². The minimum atomic E-state index is -0.329. The van der Waals surface area contributed by atoms with Gasteiger partial charge in [-0.25, -0.2) is 4.39 Å². The zero-order chi connectivity index (χ0) is 14.8. The molecule has 0 radical (unpaired) electrons. The van der Waals surface area contributed by atoms with E-state index in [9.17, 15) is 4.39 Å². The number of rotatable bonds is 4. The first-order valence-corrected chi connectivity index (χ1v) is 7.50. The minimum absolute atomic E-state index is 0.192. The lowest BCUT2D eigenvalue weighted by Crippen LogP contribution is -2.01. The summed E-state index contributed by atoms with van der Waals surface area (Å²) in [4.78, 5) is 0. The van der Waals surface area contributed by atoms with Gasteiger partial charge in [0.1, 0.15) is 23.9 Å². The Kier molecular flexibility index (Phi) is 4.22. The van der Waals surface area contributed by atoms with Crippen LogP contribution in [0.2, 0.25) is 5.02 Å². The molecule has 0 unspecified atom stereocenters. The Hall–Kier alpha value is -1.45. The molecule has 110 valence electrons. The monoisotopic (exact) mass is 326 g/mol. The highest BCUT2D eigenvalue weighted by molar-refractivity contribution is 6.30. The predicted molar refractivity (Wildman–Crippen MR) is 80.9 cm³/mol. The van der Waals surface area contributed by atoms with Crippen LogP contribution < -0.4 is 9.47 Å². The molecule has 2 nitrogen and oxygen atoms in total. The molecule has 0 aromatic heterocycles. The second kappa shape index (κ2) is 6.12. The van der Waals surface area contributed by atoms with E-state index in [-0.39, 0.29) is 11.7 Å². The molecule has 0 spiro atoms. The molecule has 0 N–H and O–H groups in total. The summed E-state index contributed by atoms with van der Waals surface area (Å²) in [6, 6.07) is 8.05. The van der Waals surface area contributed by atoms with Crippen LogP contribution in [0.4, 0.5) is 4.39 Å². The molecule has 0 bridgehead atoms. The van der Waals surface area contributed by atoms with Gasteiger partial charge < -0.3 is 9.47 Å². The molecule has 3 rings (SSSR count). The Morgan fingerprint density at radius 3 is 2.86 bits per heavy atom. The number of alkyl halides is 1. The molecular weight excluding hydrogens is 314 g/mol. The Bertz CT molecular complexity index is 674. The van der Waals surface area contributed by atoms with Gasteiger partial charge in [-0.2, -0.15) is 0 Å².